The molecule has 0 aliphatic heterocycles. The number of hydrogen-bond acceptors (Lipinski definition) is 4. The van der Waals surface area contributed by atoms with Crippen molar-refractivity contribution in [2.75, 3.05) is 5.32 Å². The van der Waals surface area contributed by atoms with Crippen molar-refractivity contribution in [1.82, 2.24) is 14.8 Å². The smallest absolute Gasteiger partial charge is 0.237 e. The first-order valence-corrected chi connectivity index (χ1v) is 11.0. The van der Waals surface area contributed by atoms with Crippen LogP contribution in [0.15, 0.2) is 47.6 Å². The Morgan fingerprint density at radius 2 is 1.86 bits per heavy atom. The molecule has 1 N–H and O–H groups in total. The molecular formula is C21H22Cl2N4OS. The molecule has 0 bridgehead atoms. The van der Waals surface area contributed by atoms with Crippen molar-refractivity contribution < 1.29 is 4.79 Å². The van der Waals surface area contributed by atoms with Gasteiger partial charge < -0.3 is 9.88 Å². The third kappa shape index (κ3) is 5.13. The van der Waals surface area contributed by atoms with Gasteiger partial charge in [0.1, 0.15) is 0 Å². The second-order valence-corrected chi connectivity index (χ2v) is 8.54. The molecule has 1 amide bonds. The average Bonchev–Trinajstić information content (AvgIpc) is 3.12. The maximum absolute atomic E-state index is 12.8. The van der Waals surface area contributed by atoms with E-state index in [2.05, 4.69) is 15.5 Å². The van der Waals surface area contributed by atoms with Crippen LogP contribution < -0.4 is 5.32 Å². The van der Waals surface area contributed by atoms with Gasteiger partial charge in [-0.05, 0) is 56.2 Å². The molecule has 1 aromatic heterocycles. The average molecular weight is 449 g/mol. The third-order valence-electron chi connectivity index (χ3n) is 4.49. The molecule has 0 fully saturated rings. The molecule has 3 rings (SSSR count). The number of benzene rings is 2. The Bertz CT molecular complexity index is 1000. The standard InChI is InChI=1S/C21H22Cl2N4OS/c1-4-18(20(28)24-16-10-8-15(22)9-11-16)29-21-26-25-19(27(21)5-2)14-7-6-13(3)17(23)12-14/h6-12,18H,4-5H2,1-3H3,(H,24,28). The first-order valence-electron chi connectivity index (χ1n) is 9.35. The molecule has 0 saturated carbocycles. The van der Waals surface area contributed by atoms with Crippen molar-refractivity contribution in [1.29, 1.82) is 0 Å². The number of amides is 1. The van der Waals surface area contributed by atoms with E-state index in [9.17, 15) is 4.79 Å². The second kappa shape index (κ2) is 9.65. The number of aryl methyl sites for hydroxylation is 1. The molecule has 0 aliphatic rings. The monoisotopic (exact) mass is 448 g/mol. The lowest BCUT2D eigenvalue weighted by atomic mass is 10.1. The minimum absolute atomic E-state index is 0.0783. The number of thioether (sulfide) groups is 1. The van der Waals surface area contributed by atoms with E-state index < -0.39 is 0 Å². The third-order valence-corrected chi connectivity index (χ3v) is 6.49. The van der Waals surface area contributed by atoms with Gasteiger partial charge in [0.25, 0.3) is 0 Å². The lowest BCUT2D eigenvalue weighted by Crippen LogP contribution is -2.25. The maximum Gasteiger partial charge on any atom is 0.237 e. The lowest BCUT2D eigenvalue weighted by Gasteiger charge is -2.15. The number of rotatable bonds is 7. The van der Waals surface area contributed by atoms with Crippen LogP contribution in [0.3, 0.4) is 0 Å². The van der Waals surface area contributed by atoms with Gasteiger partial charge >= 0.3 is 0 Å². The second-order valence-electron chi connectivity index (χ2n) is 6.53. The quantitative estimate of drug-likeness (QED) is 0.444. The molecule has 0 saturated heterocycles. The molecule has 1 atom stereocenters. The first-order chi connectivity index (χ1) is 13.9. The normalized spacial score (nSPS) is 12.0. The predicted octanol–water partition coefficient (Wildman–Crippen LogP) is 6.09. The number of anilines is 1. The topological polar surface area (TPSA) is 59.8 Å². The Labute approximate surface area is 184 Å². The van der Waals surface area contributed by atoms with Gasteiger partial charge in [-0.1, -0.05) is 54.0 Å². The van der Waals surface area contributed by atoms with Crippen LogP contribution in [0.4, 0.5) is 5.69 Å². The van der Waals surface area contributed by atoms with Crippen LogP contribution in [0.2, 0.25) is 10.0 Å². The summed E-state index contributed by atoms with van der Waals surface area (Å²) in [5.74, 6) is 0.662. The number of carbonyl (C=O) groups excluding carboxylic acids is 1. The van der Waals surface area contributed by atoms with E-state index in [1.807, 2.05) is 43.5 Å². The van der Waals surface area contributed by atoms with Crippen molar-refractivity contribution in [3.05, 3.63) is 58.1 Å². The molecule has 8 heteroatoms. The number of nitrogens with zero attached hydrogens (tertiary/aromatic N) is 3. The van der Waals surface area contributed by atoms with Gasteiger partial charge in [-0.2, -0.15) is 0 Å². The summed E-state index contributed by atoms with van der Waals surface area (Å²) in [6.45, 7) is 6.66. The zero-order valence-electron chi connectivity index (χ0n) is 16.4. The Kier molecular flexibility index (Phi) is 7.22. The SMILES string of the molecule is CCC(Sc1nnc(-c2ccc(C)c(Cl)c2)n1CC)C(=O)Nc1ccc(Cl)cc1. The zero-order chi connectivity index (χ0) is 21.0. The predicted molar refractivity (Wildman–Crippen MR) is 121 cm³/mol. The zero-order valence-corrected chi connectivity index (χ0v) is 18.8. The van der Waals surface area contributed by atoms with Crippen molar-refractivity contribution in [3.8, 4) is 11.4 Å². The Morgan fingerprint density at radius 3 is 2.48 bits per heavy atom. The van der Waals surface area contributed by atoms with Gasteiger partial charge in [-0.3, -0.25) is 4.79 Å². The molecule has 0 aliphatic carbocycles. The highest BCUT2D eigenvalue weighted by molar-refractivity contribution is 8.00. The van der Waals surface area contributed by atoms with Gasteiger partial charge in [0.15, 0.2) is 11.0 Å². The summed E-state index contributed by atoms with van der Waals surface area (Å²) >= 11 is 13.6. The fraction of sp³-hybridized carbons (Fsp3) is 0.286. The number of hydrogen-bond donors (Lipinski definition) is 1. The molecule has 0 radical (unpaired) electrons. The summed E-state index contributed by atoms with van der Waals surface area (Å²) in [4.78, 5) is 12.8. The Balaban J connectivity index is 1.80. The Hall–Kier alpha value is -2.02. The fourth-order valence-electron chi connectivity index (χ4n) is 2.81. The van der Waals surface area contributed by atoms with E-state index in [0.29, 0.717) is 33.9 Å². The van der Waals surface area contributed by atoms with Crippen LogP contribution in [-0.4, -0.2) is 25.9 Å². The first kappa shape index (κ1) is 21.7. The van der Waals surface area contributed by atoms with Gasteiger partial charge in [0.2, 0.25) is 5.91 Å². The highest BCUT2D eigenvalue weighted by Crippen LogP contribution is 2.30. The van der Waals surface area contributed by atoms with Gasteiger partial charge in [0, 0.05) is 27.8 Å². The molecule has 0 spiro atoms. The van der Waals surface area contributed by atoms with Gasteiger partial charge in [-0.25, -0.2) is 0 Å². The van der Waals surface area contributed by atoms with Crippen molar-refractivity contribution in [3.63, 3.8) is 0 Å². The van der Waals surface area contributed by atoms with Gasteiger partial charge in [0.05, 0.1) is 5.25 Å². The van der Waals surface area contributed by atoms with Crippen LogP contribution in [0.25, 0.3) is 11.4 Å². The minimum Gasteiger partial charge on any atom is -0.325 e. The summed E-state index contributed by atoms with van der Waals surface area (Å²) in [5, 5.41) is 13.4. The minimum atomic E-state index is -0.297. The molecule has 1 heterocycles. The number of halogens is 2. The molecular weight excluding hydrogens is 427 g/mol. The van der Waals surface area contributed by atoms with Crippen LogP contribution in [0, 0.1) is 6.92 Å². The summed E-state index contributed by atoms with van der Waals surface area (Å²) in [5.41, 5.74) is 2.63. The summed E-state index contributed by atoms with van der Waals surface area (Å²) in [6, 6.07) is 12.9. The Morgan fingerprint density at radius 1 is 1.14 bits per heavy atom. The van der Waals surface area contributed by atoms with E-state index in [1.165, 1.54) is 11.8 Å². The summed E-state index contributed by atoms with van der Waals surface area (Å²) < 4.78 is 2.00. The van der Waals surface area contributed by atoms with Gasteiger partial charge in [-0.15, -0.1) is 10.2 Å². The molecule has 3 aromatic rings. The van der Waals surface area contributed by atoms with E-state index in [0.717, 1.165) is 17.0 Å². The number of aromatic nitrogens is 3. The van der Waals surface area contributed by atoms with Crippen molar-refractivity contribution >= 4 is 46.6 Å². The van der Waals surface area contributed by atoms with E-state index >= 15 is 0 Å². The highest BCUT2D eigenvalue weighted by atomic mass is 35.5. The van der Waals surface area contributed by atoms with E-state index in [-0.39, 0.29) is 11.2 Å². The molecule has 1 unspecified atom stereocenters. The van der Waals surface area contributed by atoms with Crippen LogP contribution in [0.1, 0.15) is 25.8 Å². The number of carbonyl (C=O) groups is 1. The van der Waals surface area contributed by atoms with E-state index in [1.54, 1.807) is 24.3 Å². The van der Waals surface area contributed by atoms with Crippen LogP contribution in [-0.2, 0) is 11.3 Å². The van der Waals surface area contributed by atoms with Crippen LogP contribution in [0.5, 0.6) is 0 Å². The van der Waals surface area contributed by atoms with Crippen molar-refractivity contribution in [2.45, 2.75) is 44.1 Å². The molecule has 152 valence electrons. The fourth-order valence-corrected chi connectivity index (χ4v) is 4.14. The van der Waals surface area contributed by atoms with Crippen LogP contribution >= 0.6 is 35.0 Å². The summed E-state index contributed by atoms with van der Waals surface area (Å²) in [6.07, 6.45) is 0.659. The highest BCUT2D eigenvalue weighted by Gasteiger charge is 2.23. The number of nitrogens with one attached hydrogen (secondary N) is 1. The lowest BCUT2D eigenvalue weighted by molar-refractivity contribution is -0.115. The molecule has 5 nitrogen and oxygen atoms in total. The van der Waals surface area contributed by atoms with E-state index in [4.69, 9.17) is 23.2 Å². The molecule has 2 aromatic carbocycles. The largest absolute Gasteiger partial charge is 0.325 e. The molecule has 29 heavy (non-hydrogen) atoms. The summed E-state index contributed by atoms with van der Waals surface area (Å²) in [7, 11) is 0. The maximum atomic E-state index is 12.8. The van der Waals surface area contributed by atoms with Crippen molar-refractivity contribution in [2.24, 2.45) is 0 Å².